The minimum Gasteiger partial charge on any atom is -0.459 e. The van der Waals surface area contributed by atoms with E-state index < -0.39 is 0 Å². The largest absolute Gasteiger partial charge is 0.459 e. The zero-order chi connectivity index (χ0) is 21.1. The van der Waals surface area contributed by atoms with Gasteiger partial charge >= 0.3 is 5.97 Å². The molecule has 0 fully saturated rings. The van der Waals surface area contributed by atoms with E-state index in [1.165, 1.54) is 17.4 Å². The molecule has 1 aromatic carbocycles. The Morgan fingerprint density at radius 2 is 2.03 bits per heavy atom. The Kier molecular flexibility index (Phi) is 7.04. The lowest BCUT2D eigenvalue weighted by molar-refractivity contribution is -0.111. The number of hydrogen-bond donors (Lipinski definition) is 1. The number of fused-ring (bicyclic) bond motifs is 1. The Bertz CT molecular complexity index is 965. The molecule has 1 unspecified atom stereocenters. The summed E-state index contributed by atoms with van der Waals surface area (Å²) in [5, 5.41) is 4.30. The molecule has 1 N–H and O–H groups in total. The van der Waals surface area contributed by atoms with Crippen molar-refractivity contribution in [2.24, 2.45) is 5.92 Å². The summed E-state index contributed by atoms with van der Waals surface area (Å²) >= 11 is 13.4. The van der Waals surface area contributed by atoms with Crippen molar-refractivity contribution in [3.05, 3.63) is 55.9 Å². The lowest BCUT2D eigenvalue weighted by atomic mass is 9.88. The van der Waals surface area contributed by atoms with Crippen molar-refractivity contribution in [3.63, 3.8) is 0 Å². The number of rotatable bonds is 5. The van der Waals surface area contributed by atoms with Crippen LogP contribution in [-0.4, -0.2) is 18.0 Å². The SMILES string of the molecule is CC1CCc2c(sc(NC(=O)/C=C/c3ccc(Cl)c(Cl)c3)c2C(=O)OC(C)C)C1. The molecule has 29 heavy (non-hydrogen) atoms. The first-order chi connectivity index (χ1) is 13.7. The Labute approximate surface area is 184 Å². The first-order valence-electron chi connectivity index (χ1n) is 9.54. The molecule has 1 aliphatic carbocycles. The van der Waals surface area contributed by atoms with E-state index in [0.717, 1.165) is 35.3 Å². The number of thiophene rings is 1. The maximum Gasteiger partial charge on any atom is 0.341 e. The lowest BCUT2D eigenvalue weighted by Gasteiger charge is -2.18. The molecule has 0 radical (unpaired) electrons. The van der Waals surface area contributed by atoms with Crippen LogP contribution in [0, 0.1) is 5.92 Å². The van der Waals surface area contributed by atoms with Crippen molar-refractivity contribution >= 4 is 57.5 Å². The Balaban J connectivity index is 1.83. The van der Waals surface area contributed by atoms with Gasteiger partial charge in [0.05, 0.1) is 21.7 Å². The predicted octanol–water partition coefficient (Wildman–Crippen LogP) is 6.40. The second-order valence-corrected chi connectivity index (χ2v) is 9.43. The number of amides is 1. The molecule has 1 heterocycles. The van der Waals surface area contributed by atoms with Crippen molar-refractivity contribution in [2.45, 2.75) is 46.1 Å². The molecule has 4 nitrogen and oxygen atoms in total. The summed E-state index contributed by atoms with van der Waals surface area (Å²) in [7, 11) is 0. The van der Waals surface area contributed by atoms with Crippen LogP contribution in [0.1, 0.15) is 53.6 Å². The zero-order valence-corrected chi connectivity index (χ0v) is 18.9. The van der Waals surface area contributed by atoms with E-state index in [9.17, 15) is 9.59 Å². The van der Waals surface area contributed by atoms with Crippen molar-refractivity contribution in [3.8, 4) is 0 Å². The van der Waals surface area contributed by atoms with Crippen LogP contribution in [-0.2, 0) is 22.4 Å². The Morgan fingerprint density at radius 1 is 1.28 bits per heavy atom. The van der Waals surface area contributed by atoms with E-state index in [1.54, 1.807) is 24.3 Å². The monoisotopic (exact) mass is 451 g/mol. The second-order valence-electron chi connectivity index (χ2n) is 7.51. The molecule has 1 aliphatic rings. The van der Waals surface area contributed by atoms with E-state index in [-0.39, 0.29) is 18.0 Å². The van der Waals surface area contributed by atoms with Crippen LogP contribution in [0.2, 0.25) is 10.0 Å². The highest BCUT2D eigenvalue weighted by Crippen LogP contribution is 2.40. The van der Waals surface area contributed by atoms with E-state index in [1.807, 2.05) is 13.8 Å². The van der Waals surface area contributed by atoms with E-state index in [4.69, 9.17) is 27.9 Å². The average molecular weight is 452 g/mol. The average Bonchev–Trinajstić information content (AvgIpc) is 2.99. The molecular weight excluding hydrogens is 429 g/mol. The molecule has 0 spiro atoms. The zero-order valence-electron chi connectivity index (χ0n) is 16.6. The number of carbonyl (C=O) groups excluding carboxylic acids is 2. The maximum atomic E-state index is 12.7. The number of benzene rings is 1. The van der Waals surface area contributed by atoms with Gasteiger partial charge in [-0.25, -0.2) is 4.79 Å². The summed E-state index contributed by atoms with van der Waals surface area (Å²) in [6.45, 7) is 5.83. The van der Waals surface area contributed by atoms with Crippen LogP contribution in [0.4, 0.5) is 5.00 Å². The fraction of sp³-hybridized carbons (Fsp3) is 0.364. The third-order valence-corrected chi connectivity index (χ3v) is 6.57. The standard InChI is InChI=1S/C22H23Cl2NO3S/c1-12(2)28-22(27)20-15-7-4-13(3)10-18(15)29-21(20)25-19(26)9-6-14-5-8-16(23)17(24)11-14/h5-6,8-9,11-13H,4,7,10H2,1-3H3,(H,25,26)/b9-6+. The molecular formula is C22H23Cl2NO3S. The molecule has 1 atom stereocenters. The summed E-state index contributed by atoms with van der Waals surface area (Å²) in [5.74, 6) is -0.134. The summed E-state index contributed by atoms with van der Waals surface area (Å²) < 4.78 is 5.43. The predicted molar refractivity (Wildman–Crippen MR) is 120 cm³/mol. The minimum atomic E-state index is -0.379. The molecule has 2 aromatic rings. The van der Waals surface area contributed by atoms with Crippen molar-refractivity contribution in [1.82, 2.24) is 0 Å². The van der Waals surface area contributed by atoms with Crippen LogP contribution in [0.15, 0.2) is 24.3 Å². The van der Waals surface area contributed by atoms with Crippen LogP contribution < -0.4 is 5.32 Å². The third kappa shape index (κ3) is 5.41. The van der Waals surface area contributed by atoms with Gasteiger partial charge in [0.2, 0.25) is 5.91 Å². The molecule has 0 saturated heterocycles. The maximum absolute atomic E-state index is 12.7. The molecule has 154 valence electrons. The molecule has 1 amide bonds. The van der Waals surface area contributed by atoms with E-state index >= 15 is 0 Å². The number of carbonyl (C=O) groups is 2. The normalized spacial score (nSPS) is 16.1. The first kappa shape index (κ1) is 21.9. The number of halogens is 2. The van der Waals surface area contributed by atoms with Crippen molar-refractivity contribution in [1.29, 1.82) is 0 Å². The number of esters is 1. The Morgan fingerprint density at radius 3 is 2.72 bits per heavy atom. The van der Waals surface area contributed by atoms with Gasteiger partial charge in [-0.1, -0.05) is 36.2 Å². The molecule has 0 saturated carbocycles. The third-order valence-electron chi connectivity index (χ3n) is 4.67. The van der Waals surface area contributed by atoms with Gasteiger partial charge in [-0.05, 0) is 68.4 Å². The number of nitrogens with one attached hydrogen (secondary N) is 1. The summed E-state index contributed by atoms with van der Waals surface area (Å²) in [4.78, 5) is 26.4. The van der Waals surface area contributed by atoms with E-state index in [0.29, 0.717) is 26.5 Å². The van der Waals surface area contributed by atoms with Gasteiger partial charge in [-0.3, -0.25) is 4.79 Å². The van der Waals surface area contributed by atoms with Crippen molar-refractivity contribution in [2.75, 3.05) is 5.32 Å². The van der Waals surface area contributed by atoms with Crippen LogP contribution in [0.25, 0.3) is 6.08 Å². The Hall–Kier alpha value is -1.82. The lowest BCUT2D eigenvalue weighted by Crippen LogP contribution is -2.18. The van der Waals surface area contributed by atoms with Gasteiger partial charge in [0, 0.05) is 11.0 Å². The number of ether oxygens (including phenoxy) is 1. The van der Waals surface area contributed by atoms with Crippen LogP contribution >= 0.6 is 34.5 Å². The molecule has 7 heteroatoms. The molecule has 0 aliphatic heterocycles. The second kappa shape index (κ2) is 9.33. The summed E-state index contributed by atoms with van der Waals surface area (Å²) in [6.07, 6.45) is 5.61. The quantitative estimate of drug-likeness (QED) is 0.422. The van der Waals surface area contributed by atoms with Gasteiger partial charge in [-0.2, -0.15) is 0 Å². The molecule has 0 bridgehead atoms. The summed E-state index contributed by atoms with van der Waals surface area (Å²) in [6, 6.07) is 5.13. The molecule has 1 aromatic heterocycles. The van der Waals surface area contributed by atoms with Gasteiger partial charge < -0.3 is 10.1 Å². The fourth-order valence-corrected chi connectivity index (χ4v) is 4.98. The topological polar surface area (TPSA) is 55.4 Å². The number of anilines is 1. The highest BCUT2D eigenvalue weighted by atomic mass is 35.5. The molecule has 3 rings (SSSR count). The van der Waals surface area contributed by atoms with Gasteiger partial charge in [0.15, 0.2) is 0 Å². The van der Waals surface area contributed by atoms with Crippen LogP contribution in [0.5, 0.6) is 0 Å². The van der Waals surface area contributed by atoms with Crippen molar-refractivity contribution < 1.29 is 14.3 Å². The van der Waals surface area contributed by atoms with Gasteiger partial charge in [0.25, 0.3) is 0 Å². The number of hydrogen-bond acceptors (Lipinski definition) is 4. The van der Waals surface area contributed by atoms with E-state index in [2.05, 4.69) is 12.2 Å². The minimum absolute atomic E-state index is 0.223. The van der Waals surface area contributed by atoms with Gasteiger partial charge in [0.1, 0.15) is 5.00 Å². The van der Waals surface area contributed by atoms with Gasteiger partial charge in [-0.15, -0.1) is 11.3 Å². The summed E-state index contributed by atoms with van der Waals surface area (Å²) in [5.41, 5.74) is 2.28. The highest BCUT2D eigenvalue weighted by molar-refractivity contribution is 7.17. The fourth-order valence-electron chi connectivity index (χ4n) is 3.27. The highest BCUT2D eigenvalue weighted by Gasteiger charge is 2.29. The van der Waals surface area contributed by atoms with Crippen LogP contribution in [0.3, 0.4) is 0 Å². The smallest absolute Gasteiger partial charge is 0.341 e. The first-order valence-corrected chi connectivity index (χ1v) is 11.1.